The van der Waals surface area contributed by atoms with Crippen LogP contribution >= 0.6 is 22.9 Å². The quantitative estimate of drug-likeness (QED) is 0.518. The van der Waals surface area contributed by atoms with Gasteiger partial charge in [-0.05, 0) is 56.2 Å². The van der Waals surface area contributed by atoms with Crippen molar-refractivity contribution in [3.63, 3.8) is 0 Å². The van der Waals surface area contributed by atoms with Gasteiger partial charge in [-0.25, -0.2) is 9.79 Å². The monoisotopic (exact) mass is 482 g/mol. The van der Waals surface area contributed by atoms with Gasteiger partial charge in [-0.1, -0.05) is 53.3 Å². The van der Waals surface area contributed by atoms with E-state index in [0.717, 1.165) is 11.1 Å². The lowest BCUT2D eigenvalue weighted by atomic mass is 9.96. The van der Waals surface area contributed by atoms with E-state index in [1.165, 1.54) is 11.3 Å². The summed E-state index contributed by atoms with van der Waals surface area (Å²) < 4.78 is 12.8. The first-order valence-corrected chi connectivity index (χ1v) is 11.6. The minimum atomic E-state index is -0.674. The van der Waals surface area contributed by atoms with Gasteiger partial charge in [-0.2, -0.15) is 0 Å². The summed E-state index contributed by atoms with van der Waals surface area (Å²) >= 11 is 7.56. The number of benzene rings is 2. The Morgan fingerprint density at radius 3 is 2.52 bits per heavy atom. The summed E-state index contributed by atoms with van der Waals surface area (Å²) in [7, 11) is 1.59. The lowest BCUT2D eigenvalue weighted by Gasteiger charge is -2.25. The number of rotatable bonds is 5. The summed E-state index contributed by atoms with van der Waals surface area (Å²) in [6.45, 7) is 5.34. The topological polar surface area (TPSA) is 69.9 Å². The van der Waals surface area contributed by atoms with Gasteiger partial charge in [0.15, 0.2) is 4.80 Å². The van der Waals surface area contributed by atoms with Crippen molar-refractivity contribution in [3.05, 3.63) is 95.6 Å². The minimum Gasteiger partial charge on any atom is -0.497 e. The number of thiazole rings is 1. The third-order valence-corrected chi connectivity index (χ3v) is 6.53. The van der Waals surface area contributed by atoms with Crippen LogP contribution in [0.15, 0.2) is 69.6 Å². The summed E-state index contributed by atoms with van der Waals surface area (Å²) in [5.74, 6) is 0.185. The molecule has 0 amide bonds. The van der Waals surface area contributed by atoms with Crippen LogP contribution in [0, 0.1) is 0 Å². The summed E-state index contributed by atoms with van der Waals surface area (Å²) in [6, 6.07) is 13.9. The molecule has 8 heteroatoms. The maximum absolute atomic E-state index is 13.6. The Morgan fingerprint density at radius 1 is 1.18 bits per heavy atom. The standard InChI is InChI=1S/C25H23ClN2O4S/c1-14(2)32-24(30)21-15(3)27-25-28(22(21)16-9-11-18(31-4)12-10-16)23(29)20(33-25)13-17-7-5-6-8-19(17)26/h5-14,22H,1-4H3/b20-13+. The van der Waals surface area contributed by atoms with Gasteiger partial charge in [0.05, 0.1) is 35.1 Å². The molecule has 1 aliphatic rings. The third kappa shape index (κ3) is 4.51. The van der Waals surface area contributed by atoms with Crippen LogP contribution in [0.5, 0.6) is 5.75 Å². The molecule has 0 fully saturated rings. The highest BCUT2D eigenvalue weighted by Gasteiger charge is 2.33. The van der Waals surface area contributed by atoms with Crippen molar-refractivity contribution < 1.29 is 14.3 Å². The third-order valence-electron chi connectivity index (χ3n) is 5.21. The highest BCUT2D eigenvalue weighted by Crippen LogP contribution is 2.31. The first-order chi connectivity index (χ1) is 15.8. The molecule has 170 valence electrons. The van der Waals surface area contributed by atoms with E-state index < -0.39 is 12.0 Å². The van der Waals surface area contributed by atoms with Crippen LogP contribution in [-0.2, 0) is 9.53 Å². The van der Waals surface area contributed by atoms with Gasteiger partial charge in [0.25, 0.3) is 5.56 Å². The second kappa shape index (κ2) is 9.37. The summed E-state index contributed by atoms with van der Waals surface area (Å²) in [5.41, 5.74) is 2.10. The Balaban J connectivity index is 1.95. The molecule has 1 atom stereocenters. The van der Waals surface area contributed by atoms with E-state index in [1.807, 2.05) is 30.3 Å². The summed E-state index contributed by atoms with van der Waals surface area (Å²) in [6.07, 6.45) is 1.45. The highest BCUT2D eigenvalue weighted by molar-refractivity contribution is 7.07. The molecule has 0 N–H and O–H groups in total. The molecule has 0 spiro atoms. The van der Waals surface area contributed by atoms with Gasteiger partial charge in [0, 0.05) is 5.02 Å². The fourth-order valence-corrected chi connectivity index (χ4v) is 4.92. The molecule has 1 unspecified atom stereocenters. The van der Waals surface area contributed by atoms with Crippen LogP contribution in [0.3, 0.4) is 0 Å². The maximum Gasteiger partial charge on any atom is 0.338 e. The largest absolute Gasteiger partial charge is 0.497 e. The van der Waals surface area contributed by atoms with Gasteiger partial charge >= 0.3 is 5.97 Å². The number of aromatic nitrogens is 1. The second-order valence-electron chi connectivity index (χ2n) is 7.83. The lowest BCUT2D eigenvalue weighted by Crippen LogP contribution is -2.40. The van der Waals surface area contributed by atoms with E-state index in [0.29, 0.717) is 31.4 Å². The van der Waals surface area contributed by atoms with E-state index in [-0.39, 0.29) is 11.7 Å². The molecule has 2 heterocycles. The number of ether oxygens (including phenoxy) is 2. The lowest BCUT2D eigenvalue weighted by molar-refractivity contribution is -0.143. The Bertz CT molecular complexity index is 1420. The maximum atomic E-state index is 13.6. The molecule has 1 aromatic heterocycles. The van der Waals surface area contributed by atoms with Crippen molar-refractivity contribution in [1.82, 2.24) is 4.57 Å². The van der Waals surface area contributed by atoms with Gasteiger partial charge < -0.3 is 9.47 Å². The number of carbonyl (C=O) groups excluding carboxylic acids is 1. The molecule has 3 aromatic rings. The zero-order valence-corrected chi connectivity index (χ0v) is 20.2. The fraction of sp³-hybridized carbons (Fsp3) is 0.240. The van der Waals surface area contributed by atoms with Crippen molar-refractivity contribution in [2.24, 2.45) is 4.99 Å². The van der Waals surface area contributed by atoms with Gasteiger partial charge in [-0.15, -0.1) is 0 Å². The summed E-state index contributed by atoms with van der Waals surface area (Å²) in [4.78, 5) is 31.8. The molecule has 0 aliphatic carbocycles. The zero-order valence-electron chi connectivity index (χ0n) is 18.7. The van der Waals surface area contributed by atoms with Crippen LogP contribution in [0.2, 0.25) is 5.02 Å². The van der Waals surface area contributed by atoms with Crippen molar-refractivity contribution >= 4 is 35.0 Å². The Morgan fingerprint density at radius 2 is 1.88 bits per heavy atom. The number of allylic oxidation sites excluding steroid dienone is 1. The van der Waals surface area contributed by atoms with E-state index in [4.69, 9.17) is 21.1 Å². The minimum absolute atomic E-state index is 0.248. The molecule has 0 saturated heterocycles. The number of hydrogen-bond donors (Lipinski definition) is 0. The number of fused-ring (bicyclic) bond motifs is 1. The molecular formula is C25H23ClN2O4S. The molecule has 0 saturated carbocycles. The van der Waals surface area contributed by atoms with Crippen LogP contribution in [0.25, 0.3) is 6.08 Å². The average molecular weight is 483 g/mol. The molecule has 0 bridgehead atoms. The number of methoxy groups -OCH3 is 1. The van der Waals surface area contributed by atoms with Gasteiger partial charge in [-0.3, -0.25) is 9.36 Å². The van der Waals surface area contributed by atoms with Crippen molar-refractivity contribution in [3.8, 4) is 5.75 Å². The Kier molecular flexibility index (Phi) is 6.54. The molecule has 1 aliphatic heterocycles. The molecule has 2 aromatic carbocycles. The number of carbonyl (C=O) groups is 1. The van der Waals surface area contributed by atoms with Crippen LogP contribution in [0.4, 0.5) is 0 Å². The smallest absolute Gasteiger partial charge is 0.338 e. The number of hydrogen-bond acceptors (Lipinski definition) is 6. The van der Waals surface area contributed by atoms with E-state index in [1.54, 1.807) is 56.7 Å². The molecular weight excluding hydrogens is 460 g/mol. The molecule has 33 heavy (non-hydrogen) atoms. The van der Waals surface area contributed by atoms with E-state index in [9.17, 15) is 9.59 Å². The SMILES string of the molecule is COc1ccc(C2C(C(=O)OC(C)C)=C(C)N=c3s/c(=C/c4ccccc4Cl)c(=O)n32)cc1. The Hall–Kier alpha value is -3.16. The van der Waals surface area contributed by atoms with Crippen LogP contribution < -0.4 is 19.6 Å². The average Bonchev–Trinajstić information content (AvgIpc) is 3.08. The summed E-state index contributed by atoms with van der Waals surface area (Å²) in [5, 5.41) is 0.549. The number of nitrogens with zero attached hydrogens (tertiary/aromatic N) is 2. The van der Waals surface area contributed by atoms with Crippen LogP contribution in [-0.4, -0.2) is 23.8 Å². The van der Waals surface area contributed by atoms with Crippen molar-refractivity contribution in [1.29, 1.82) is 0 Å². The number of halogens is 1. The fourth-order valence-electron chi connectivity index (χ4n) is 3.70. The predicted octanol–water partition coefficient (Wildman–Crippen LogP) is 3.85. The first-order valence-electron chi connectivity index (χ1n) is 10.4. The van der Waals surface area contributed by atoms with Gasteiger partial charge in [0.1, 0.15) is 5.75 Å². The zero-order chi connectivity index (χ0) is 23.7. The molecule has 6 nitrogen and oxygen atoms in total. The predicted molar refractivity (Wildman–Crippen MR) is 129 cm³/mol. The highest BCUT2D eigenvalue weighted by atomic mass is 35.5. The second-order valence-corrected chi connectivity index (χ2v) is 9.25. The number of esters is 1. The van der Waals surface area contributed by atoms with Crippen LogP contribution in [0.1, 0.15) is 37.9 Å². The van der Waals surface area contributed by atoms with Crippen molar-refractivity contribution in [2.45, 2.75) is 32.9 Å². The molecule has 0 radical (unpaired) electrons. The first kappa shape index (κ1) is 23.0. The van der Waals surface area contributed by atoms with Crippen molar-refractivity contribution in [2.75, 3.05) is 7.11 Å². The molecule has 4 rings (SSSR count). The van der Waals surface area contributed by atoms with Gasteiger partial charge in [0.2, 0.25) is 0 Å². The normalized spacial score (nSPS) is 15.9. The van der Waals surface area contributed by atoms with E-state index in [2.05, 4.69) is 4.99 Å². The Labute approximate surface area is 200 Å². The van der Waals surface area contributed by atoms with E-state index >= 15 is 0 Å².